The minimum absolute atomic E-state index is 0.227. The normalized spacial score (nSPS) is 11.7. The van der Waals surface area contributed by atoms with Gasteiger partial charge in [0.2, 0.25) is 0 Å². The molecule has 0 heterocycles. The van der Waals surface area contributed by atoms with E-state index in [4.69, 9.17) is 11.6 Å². The quantitative estimate of drug-likeness (QED) is 0.435. The highest BCUT2D eigenvalue weighted by molar-refractivity contribution is 6.17. The standard InChI is InChI=1S/C17H25ClO2/c1-4-5-6-7-8-14-10-9-13(12-18)11-15(14)16(19)17(2,3)20/h9-11,20H,4-8,12H2,1-3H3. The number of rotatable bonds is 8. The van der Waals surface area contributed by atoms with E-state index >= 15 is 0 Å². The van der Waals surface area contributed by atoms with Crippen LogP contribution in [0.25, 0.3) is 0 Å². The van der Waals surface area contributed by atoms with E-state index < -0.39 is 5.60 Å². The van der Waals surface area contributed by atoms with E-state index in [2.05, 4.69) is 6.92 Å². The number of ketones is 1. The van der Waals surface area contributed by atoms with Crippen LogP contribution < -0.4 is 0 Å². The van der Waals surface area contributed by atoms with Crippen molar-refractivity contribution in [2.45, 2.75) is 64.4 Å². The van der Waals surface area contributed by atoms with Crippen molar-refractivity contribution in [2.24, 2.45) is 0 Å². The van der Waals surface area contributed by atoms with E-state index in [9.17, 15) is 9.90 Å². The Bertz CT molecular complexity index is 447. The zero-order valence-corrected chi connectivity index (χ0v) is 13.5. The zero-order valence-electron chi connectivity index (χ0n) is 12.7. The van der Waals surface area contributed by atoms with Crippen LogP contribution in [-0.4, -0.2) is 16.5 Å². The highest BCUT2D eigenvalue weighted by Crippen LogP contribution is 2.21. The first kappa shape index (κ1) is 17.2. The van der Waals surface area contributed by atoms with Crippen molar-refractivity contribution >= 4 is 17.4 Å². The molecule has 0 amide bonds. The third-order valence-electron chi connectivity index (χ3n) is 3.43. The third kappa shape index (κ3) is 4.92. The van der Waals surface area contributed by atoms with Gasteiger partial charge in [0.05, 0.1) is 0 Å². The van der Waals surface area contributed by atoms with E-state index in [1.807, 2.05) is 18.2 Å². The molecule has 0 spiro atoms. The van der Waals surface area contributed by atoms with Crippen molar-refractivity contribution in [3.8, 4) is 0 Å². The van der Waals surface area contributed by atoms with Crippen molar-refractivity contribution in [3.05, 3.63) is 34.9 Å². The van der Waals surface area contributed by atoms with Crippen molar-refractivity contribution in [2.75, 3.05) is 0 Å². The molecule has 0 saturated heterocycles. The van der Waals surface area contributed by atoms with Crippen molar-refractivity contribution < 1.29 is 9.90 Å². The summed E-state index contributed by atoms with van der Waals surface area (Å²) in [6, 6.07) is 5.76. The summed E-state index contributed by atoms with van der Waals surface area (Å²) in [6.07, 6.45) is 5.53. The summed E-state index contributed by atoms with van der Waals surface area (Å²) in [7, 11) is 0. The molecule has 1 rings (SSSR count). The van der Waals surface area contributed by atoms with Gasteiger partial charge in [0.15, 0.2) is 5.78 Å². The van der Waals surface area contributed by atoms with Crippen LogP contribution in [0.1, 0.15) is 67.9 Å². The maximum Gasteiger partial charge on any atom is 0.194 e. The number of hydrogen-bond acceptors (Lipinski definition) is 2. The number of unbranched alkanes of at least 4 members (excludes halogenated alkanes) is 3. The molecule has 0 fully saturated rings. The summed E-state index contributed by atoms with van der Waals surface area (Å²) in [5.74, 6) is 0.150. The number of Topliss-reactive ketones (excluding diaryl/α,β-unsaturated/α-hetero) is 1. The molecular weight excluding hydrogens is 272 g/mol. The van der Waals surface area contributed by atoms with Gasteiger partial charge in [0, 0.05) is 11.4 Å². The molecule has 1 aromatic carbocycles. The Balaban J connectivity index is 2.95. The van der Waals surface area contributed by atoms with Crippen LogP contribution in [-0.2, 0) is 12.3 Å². The molecule has 1 N–H and O–H groups in total. The Morgan fingerprint density at radius 3 is 2.50 bits per heavy atom. The summed E-state index contributed by atoms with van der Waals surface area (Å²) in [5, 5.41) is 9.95. The second kappa shape index (κ2) is 7.80. The van der Waals surface area contributed by atoms with Crippen LogP contribution in [0, 0.1) is 0 Å². The molecule has 0 bridgehead atoms. The van der Waals surface area contributed by atoms with Crippen molar-refractivity contribution in [3.63, 3.8) is 0 Å². The highest BCUT2D eigenvalue weighted by atomic mass is 35.5. The lowest BCUT2D eigenvalue weighted by atomic mass is 9.90. The maximum absolute atomic E-state index is 12.4. The molecular formula is C17H25ClO2. The van der Waals surface area contributed by atoms with Gasteiger partial charge in [-0.3, -0.25) is 4.79 Å². The first-order valence-electron chi connectivity index (χ1n) is 7.35. The third-order valence-corrected chi connectivity index (χ3v) is 3.74. The number of hydrogen-bond donors (Lipinski definition) is 1. The first-order chi connectivity index (χ1) is 9.40. The number of halogens is 1. The molecule has 3 heteroatoms. The smallest absolute Gasteiger partial charge is 0.194 e. The van der Waals surface area contributed by atoms with Crippen LogP contribution in [0.3, 0.4) is 0 Å². The first-order valence-corrected chi connectivity index (χ1v) is 7.88. The molecule has 0 aliphatic heterocycles. The average molecular weight is 297 g/mol. The minimum Gasteiger partial charge on any atom is -0.382 e. The van der Waals surface area contributed by atoms with E-state index in [1.54, 1.807) is 0 Å². The van der Waals surface area contributed by atoms with E-state index in [1.165, 1.54) is 33.1 Å². The Morgan fingerprint density at radius 1 is 1.25 bits per heavy atom. The predicted octanol–water partition coefficient (Wildman–Crippen LogP) is 4.50. The average Bonchev–Trinajstić information content (AvgIpc) is 2.42. The van der Waals surface area contributed by atoms with Crippen LogP contribution in [0.15, 0.2) is 18.2 Å². The van der Waals surface area contributed by atoms with Crippen molar-refractivity contribution in [1.82, 2.24) is 0 Å². The van der Waals surface area contributed by atoms with Crippen molar-refractivity contribution in [1.29, 1.82) is 0 Å². The summed E-state index contributed by atoms with van der Waals surface area (Å²) in [5.41, 5.74) is 1.20. The van der Waals surface area contributed by atoms with Gasteiger partial charge < -0.3 is 5.11 Å². The SMILES string of the molecule is CCCCCCc1ccc(CCl)cc1C(=O)C(C)(C)O. The lowest BCUT2D eigenvalue weighted by molar-refractivity contribution is 0.0487. The number of aliphatic hydroxyl groups is 1. The number of alkyl halides is 1. The molecule has 0 aliphatic rings. The van der Waals surface area contributed by atoms with Gasteiger partial charge in [-0.05, 0) is 43.9 Å². The fourth-order valence-corrected chi connectivity index (χ4v) is 2.37. The van der Waals surface area contributed by atoms with Crippen LogP contribution in [0.5, 0.6) is 0 Å². The van der Waals surface area contributed by atoms with Gasteiger partial charge in [0.1, 0.15) is 5.60 Å². The van der Waals surface area contributed by atoms with Gasteiger partial charge in [-0.2, -0.15) is 0 Å². The van der Waals surface area contributed by atoms with Crippen LogP contribution >= 0.6 is 11.6 Å². The summed E-state index contributed by atoms with van der Waals surface area (Å²) >= 11 is 5.84. The van der Waals surface area contributed by atoms with Gasteiger partial charge in [-0.1, -0.05) is 38.3 Å². The molecule has 2 nitrogen and oxygen atoms in total. The van der Waals surface area contributed by atoms with Gasteiger partial charge in [-0.25, -0.2) is 0 Å². The monoisotopic (exact) mass is 296 g/mol. The highest BCUT2D eigenvalue weighted by Gasteiger charge is 2.27. The summed E-state index contributed by atoms with van der Waals surface area (Å²) in [6.45, 7) is 5.24. The maximum atomic E-state index is 12.4. The molecule has 0 aliphatic carbocycles. The fraction of sp³-hybridized carbons (Fsp3) is 0.588. The summed E-state index contributed by atoms with van der Waals surface area (Å²) < 4.78 is 0. The molecule has 20 heavy (non-hydrogen) atoms. The topological polar surface area (TPSA) is 37.3 Å². The molecule has 0 saturated carbocycles. The Hall–Kier alpha value is -0.860. The van der Waals surface area contributed by atoms with E-state index in [0.29, 0.717) is 11.4 Å². The fourth-order valence-electron chi connectivity index (χ4n) is 2.21. The predicted molar refractivity (Wildman–Crippen MR) is 84.5 cm³/mol. The zero-order chi connectivity index (χ0) is 15.2. The van der Waals surface area contributed by atoms with Gasteiger partial charge >= 0.3 is 0 Å². The number of benzene rings is 1. The lowest BCUT2D eigenvalue weighted by Crippen LogP contribution is -2.32. The molecule has 0 radical (unpaired) electrons. The molecule has 0 atom stereocenters. The Kier molecular flexibility index (Phi) is 6.70. The molecule has 1 aromatic rings. The Morgan fingerprint density at radius 2 is 1.95 bits per heavy atom. The molecule has 112 valence electrons. The van der Waals surface area contributed by atoms with E-state index in [-0.39, 0.29) is 5.78 Å². The Labute approximate surface area is 127 Å². The number of aryl methyl sites for hydroxylation is 1. The lowest BCUT2D eigenvalue weighted by Gasteiger charge is -2.19. The second-order valence-electron chi connectivity index (χ2n) is 5.82. The minimum atomic E-state index is -1.34. The van der Waals surface area contributed by atoms with Gasteiger partial charge in [-0.15, -0.1) is 11.6 Å². The molecule has 0 aromatic heterocycles. The second-order valence-corrected chi connectivity index (χ2v) is 6.09. The van der Waals surface area contributed by atoms with Crippen LogP contribution in [0.2, 0.25) is 0 Å². The largest absolute Gasteiger partial charge is 0.382 e. The van der Waals surface area contributed by atoms with Crippen LogP contribution in [0.4, 0.5) is 0 Å². The van der Waals surface area contributed by atoms with E-state index in [0.717, 1.165) is 24.0 Å². The molecule has 0 unspecified atom stereocenters. The number of carbonyl (C=O) groups excluding carboxylic acids is 1. The summed E-state index contributed by atoms with van der Waals surface area (Å²) in [4.78, 5) is 12.4. The van der Waals surface area contributed by atoms with Gasteiger partial charge in [0.25, 0.3) is 0 Å². The number of carbonyl (C=O) groups is 1.